The van der Waals surface area contributed by atoms with E-state index in [4.69, 9.17) is 16.3 Å². The summed E-state index contributed by atoms with van der Waals surface area (Å²) in [5.74, 6) is 0. The SMILES string of the molecule is Cc1cnc(OCc2cn(C3=CC=CC(Cl)C3(C)F)nn2)nc1. The largest absolute Gasteiger partial charge is 0.457 e. The molecule has 0 aliphatic heterocycles. The number of aryl methyl sites for hydroxylation is 1. The van der Waals surface area contributed by atoms with Gasteiger partial charge in [-0.3, -0.25) is 0 Å². The average Bonchev–Trinajstić information content (AvgIpc) is 2.98. The topological polar surface area (TPSA) is 65.7 Å². The van der Waals surface area contributed by atoms with E-state index >= 15 is 0 Å². The highest BCUT2D eigenvalue weighted by Crippen LogP contribution is 2.35. The molecule has 0 saturated heterocycles. The van der Waals surface area contributed by atoms with Crippen molar-refractivity contribution in [1.29, 1.82) is 0 Å². The summed E-state index contributed by atoms with van der Waals surface area (Å²) in [6.07, 6.45) is 9.84. The molecule has 2 aromatic heterocycles. The molecule has 2 aromatic rings. The van der Waals surface area contributed by atoms with Crippen LogP contribution in [0.3, 0.4) is 0 Å². The second-order valence-corrected chi connectivity index (χ2v) is 5.87. The fourth-order valence-corrected chi connectivity index (χ4v) is 2.30. The van der Waals surface area contributed by atoms with Gasteiger partial charge in [-0.05, 0) is 25.5 Å². The third kappa shape index (κ3) is 3.24. The molecule has 0 aromatic carbocycles. The molecule has 2 unspecified atom stereocenters. The smallest absolute Gasteiger partial charge is 0.316 e. The van der Waals surface area contributed by atoms with Crippen LogP contribution < -0.4 is 4.74 Å². The fraction of sp³-hybridized carbons (Fsp3) is 0.333. The van der Waals surface area contributed by atoms with Crippen LogP contribution in [0.25, 0.3) is 5.70 Å². The predicted molar refractivity (Wildman–Crippen MR) is 83.7 cm³/mol. The van der Waals surface area contributed by atoms with Gasteiger partial charge < -0.3 is 4.74 Å². The first-order valence-electron chi connectivity index (χ1n) is 7.02. The van der Waals surface area contributed by atoms with Crippen molar-refractivity contribution in [3.8, 4) is 6.01 Å². The molecule has 2 heterocycles. The number of hydrogen-bond donors (Lipinski definition) is 0. The van der Waals surface area contributed by atoms with E-state index < -0.39 is 11.0 Å². The highest BCUT2D eigenvalue weighted by molar-refractivity contribution is 6.23. The molecule has 0 saturated carbocycles. The number of allylic oxidation sites excluding steroid dienone is 4. The first-order chi connectivity index (χ1) is 11.0. The van der Waals surface area contributed by atoms with Crippen molar-refractivity contribution in [2.75, 3.05) is 0 Å². The quantitative estimate of drug-likeness (QED) is 0.804. The van der Waals surface area contributed by atoms with Crippen LogP contribution >= 0.6 is 11.6 Å². The van der Waals surface area contributed by atoms with Crippen LogP contribution in [0.5, 0.6) is 6.01 Å². The summed E-state index contributed by atoms with van der Waals surface area (Å²) in [5, 5.41) is 7.16. The van der Waals surface area contributed by atoms with Gasteiger partial charge in [0.25, 0.3) is 0 Å². The Morgan fingerprint density at radius 1 is 1.39 bits per heavy atom. The molecule has 0 fully saturated rings. The zero-order chi connectivity index (χ0) is 16.4. The van der Waals surface area contributed by atoms with Crippen molar-refractivity contribution < 1.29 is 9.13 Å². The number of alkyl halides is 2. The Kier molecular flexibility index (Phi) is 4.12. The second-order valence-electron chi connectivity index (χ2n) is 5.40. The molecule has 2 atom stereocenters. The molecule has 8 heteroatoms. The Labute approximate surface area is 137 Å². The van der Waals surface area contributed by atoms with Gasteiger partial charge in [0.15, 0.2) is 5.67 Å². The first-order valence-corrected chi connectivity index (χ1v) is 7.45. The van der Waals surface area contributed by atoms with E-state index in [-0.39, 0.29) is 12.6 Å². The normalized spacial score (nSPS) is 23.7. The van der Waals surface area contributed by atoms with Gasteiger partial charge in [-0.2, -0.15) is 0 Å². The lowest BCUT2D eigenvalue weighted by molar-refractivity contribution is 0.264. The molecular formula is C15H15ClFN5O. The maximum Gasteiger partial charge on any atom is 0.316 e. The summed E-state index contributed by atoms with van der Waals surface area (Å²) in [4.78, 5) is 8.07. The van der Waals surface area contributed by atoms with Crippen LogP contribution in [0.2, 0.25) is 0 Å². The van der Waals surface area contributed by atoms with Gasteiger partial charge in [-0.15, -0.1) is 16.7 Å². The van der Waals surface area contributed by atoms with Gasteiger partial charge in [-0.25, -0.2) is 19.0 Å². The highest BCUT2D eigenvalue weighted by Gasteiger charge is 2.38. The molecule has 1 aliphatic rings. The number of aromatic nitrogens is 5. The zero-order valence-corrected chi connectivity index (χ0v) is 13.4. The van der Waals surface area contributed by atoms with Crippen molar-refractivity contribution in [3.05, 3.63) is 48.1 Å². The average molecular weight is 336 g/mol. The van der Waals surface area contributed by atoms with Crippen LogP contribution in [0.4, 0.5) is 4.39 Å². The van der Waals surface area contributed by atoms with E-state index in [0.29, 0.717) is 11.4 Å². The van der Waals surface area contributed by atoms with E-state index in [0.717, 1.165) is 5.56 Å². The summed E-state index contributed by atoms with van der Waals surface area (Å²) in [5.41, 5.74) is 0.0673. The molecule has 23 heavy (non-hydrogen) atoms. The summed E-state index contributed by atoms with van der Waals surface area (Å²) in [6, 6.07) is 0.251. The number of ether oxygens (including phenoxy) is 1. The minimum Gasteiger partial charge on any atom is -0.457 e. The Morgan fingerprint density at radius 2 is 2.13 bits per heavy atom. The molecule has 0 spiro atoms. The van der Waals surface area contributed by atoms with Crippen molar-refractivity contribution in [2.45, 2.75) is 31.5 Å². The van der Waals surface area contributed by atoms with E-state index in [2.05, 4.69) is 20.3 Å². The predicted octanol–water partition coefficient (Wildman–Crippen LogP) is 2.70. The minimum atomic E-state index is -1.73. The Hall–Kier alpha value is -2.28. The summed E-state index contributed by atoms with van der Waals surface area (Å²) in [7, 11) is 0. The van der Waals surface area contributed by atoms with Crippen LogP contribution in [-0.4, -0.2) is 36.0 Å². The maximum atomic E-state index is 14.7. The van der Waals surface area contributed by atoms with Gasteiger partial charge in [-0.1, -0.05) is 17.4 Å². The lowest BCUT2D eigenvalue weighted by Crippen LogP contribution is -2.35. The van der Waals surface area contributed by atoms with E-state index in [1.54, 1.807) is 36.8 Å². The van der Waals surface area contributed by atoms with Gasteiger partial charge in [0.2, 0.25) is 0 Å². The summed E-state index contributed by atoms with van der Waals surface area (Å²) < 4.78 is 21.5. The molecule has 0 radical (unpaired) electrons. The van der Waals surface area contributed by atoms with E-state index in [1.165, 1.54) is 11.6 Å². The Morgan fingerprint density at radius 3 is 2.87 bits per heavy atom. The van der Waals surface area contributed by atoms with Crippen LogP contribution in [-0.2, 0) is 6.61 Å². The van der Waals surface area contributed by atoms with Crippen molar-refractivity contribution >= 4 is 17.3 Å². The monoisotopic (exact) mass is 335 g/mol. The molecule has 0 amide bonds. The fourth-order valence-electron chi connectivity index (χ4n) is 2.11. The Balaban J connectivity index is 1.72. The molecule has 6 nitrogen and oxygen atoms in total. The van der Waals surface area contributed by atoms with Gasteiger partial charge >= 0.3 is 6.01 Å². The van der Waals surface area contributed by atoms with Gasteiger partial charge in [0.1, 0.15) is 12.3 Å². The van der Waals surface area contributed by atoms with E-state index in [1.807, 2.05) is 6.92 Å². The molecular weight excluding hydrogens is 321 g/mol. The summed E-state index contributed by atoms with van der Waals surface area (Å²) in [6.45, 7) is 3.44. The molecule has 0 N–H and O–H groups in total. The third-order valence-electron chi connectivity index (χ3n) is 3.45. The standard InChI is InChI=1S/C15H15ClFN5O/c1-10-6-18-14(19-7-10)23-9-11-8-22(21-20-11)13-5-3-4-12(16)15(13,2)17/h3-8,12H,9H2,1-2H3. The minimum absolute atomic E-state index is 0.138. The number of nitrogens with zero attached hydrogens (tertiary/aromatic N) is 5. The van der Waals surface area contributed by atoms with Crippen LogP contribution in [0.1, 0.15) is 18.2 Å². The lowest BCUT2D eigenvalue weighted by atomic mass is 9.95. The lowest BCUT2D eigenvalue weighted by Gasteiger charge is -2.28. The number of rotatable bonds is 4. The molecule has 3 rings (SSSR count). The highest BCUT2D eigenvalue weighted by atomic mass is 35.5. The second kappa shape index (κ2) is 6.08. The summed E-state index contributed by atoms with van der Waals surface area (Å²) >= 11 is 6.01. The first kappa shape index (κ1) is 15.6. The number of halogens is 2. The van der Waals surface area contributed by atoms with Crippen LogP contribution in [0, 0.1) is 6.92 Å². The molecule has 0 bridgehead atoms. The van der Waals surface area contributed by atoms with Crippen molar-refractivity contribution in [1.82, 2.24) is 25.0 Å². The maximum absolute atomic E-state index is 14.7. The molecule has 120 valence electrons. The zero-order valence-electron chi connectivity index (χ0n) is 12.6. The molecule has 1 aliphatic carbocycles. The third-order valence-corrected chi connectivity index (χ3v) is 4.00. The Bertz CT molecular complexity index is 753. The van der Waals surface area contributed by atoms with Crippen molar-refractivity contribution in [2.24, 2.45) is 0 Å². The van der Waals surface area contributed by atoms with Gasteiger partial charge in [0, 0.05) is 12.4 Å². The van der Waals surface area contributed by atoms with Gasteiger partial charge in [0.05, 0.1) is 17.3 Å². The number of hydrogen-bond acceptors (Lipinski definition) is 5. The van der Waals surface area contributed by atoms with Crippen molar-refractivity contribution in [3.63, 3.8) is 0 Å². The van der Waals surface area contributed by atoms with E-state index in [9.17, 15) is 4.39 Å². The van der Waals surface area contributed by atoms with Crippen LogP contribution in [0.15, 0.2) is 36.8 Å².